The van der Waals surface area contributed by atoms with E-state index >= 15 is 0 Å². The Labute approximate surface area is 115 Å². The number of nitrogens with zero attached hydrogens (tertiary/aromatic N) is 5. The van der Waals surface area contributed by atoms with Crippen LogP contribution in [0, 0.1) is 6.92 Å². The van der Waals surface area contributed by atoms with Gasteiger partial charge in [-0.3, -0.25) is 5.10 Å². The van der Waals surface area contributed by atoms with Crippen molar-refractivity contribution in [3.63, 3.8) is 0 Å². The molecule has 1 N–H and O–H groups in total. The van der Waals surface area contributed by atoms with Gasteiger partial charge in [0.2, 0.25) is 4.96 Å². The van der Waals surface area contributed by atoms with Crippen LogP contribution in [0.1, 0.15) is 5.69 Å². The van der Waals surface area contributed by atoms with E-state index in [0.717, 1.165) is 32.1 Å². The van der Waals surface area contributed by atoms with Gasteiger partial charge in [-0.1, -0.05) is 17.4 Å². The fourth-order valence-electron chi connectivity index (χ4n) is 1.81. The summed E-state index contributed by atoms with van der Waals surface area (Å²) in [7, 11) is 0. The van der Waals surface area contributed by atoms with Gasteiger partial charge in [-0.25, -0.2) is 0 Å². The quantitative estimate of drug-likeness (QED) is 0.615. The second kappa shape index (κ2) is 3.97. The second-order valence-corrected chi connectivity index (χ2v) is 5.94. The zero-order valence-corrected chi connectivity index (χ0v) is 11.5. The maximum atomic E-state index is 4.55. The van der Waals surface area contributed by atoms with Crippen LogP contribution < -0.4 is 0 Å². The number of H-pyrrole nitrogens is 1. The first kappa shape index (κ1) is 10.8. The summed E-state index contributed by atoms with van der Waals surface area (Å²) >= 11 is 3.11. The molecule has 19 heavy (non-hydrogen) atoms. The monoisotopic (exact) mass is 288 g/mol. The van der Waals surface area contributed by atoms with Gasteiger partial charge in [-0.05, 0) is 24.4 Å². The van der Waals surface area contributed by atoms with E-state index in [1.807, 2.05) is 30.5 Å². The van der Waals surface area contributed by atoms with Gasteiger partial charge in [-0.15, -0.1) is 21.5 Å². The summed E-state index contributed by atoms with van der Waals surface area (Å²) in [6, 6.07) is 5.97. The molecule has 4 aromatic heterocycles. The largest absolute Gasteiger partial charge is 0.282 e. The standard InChI is InChI=1S/C11H8N6S2/c1-6-5-7(13-12-6)10-16-17-9(8-3-2-4-18-8)14-15-11(17)19-10/h2-5H,1H3,(H,12,13). The smallest absolute Gasteiger partial charge is 0.235 e. The Morgan fingerprint density at radius 2 is 2.26 bits per heavy atom. The van der Waals surface area contributed by atoms with Crippen LogP contribution in [-0.2, 0) is 0 Å². The minimum atomic E-state index is 0.777. The molecule has 0 atom stereocenters. The third-order valence-electron chi connectivity index (χ3n) is 2.66. The predicted molar refractivity (Wildman–Crippen MR) is 74.3 cm³/mol. The number of nitrogens with one attached hydrogen (secondary N) is 1. The number of rotatable bonds is 2. The van der Waals surface area contributed by atoms with E-state index in [1.54, 1.807) is 15.9 Å². The molecule has 0 spiro atoms. The van der Waals surface area contributed by atoms with Crippen molar-refractivity contribution in [2.24, 2.45) is 0 Å². The minimum absolute atomic E-state index is 0.777. The summed E-state index contributed by atoms with van der Waals surface area (Å²) in [6.07, 6.45) is 0. The average Bonchev–Trinajstić information content (AvgIpc) is 3.11. The number of hydrogen-bond acceptors (Lipinski definition) is 6. The van der Waals surface area contributed by atoms with E-state index in [2.05, 4.69) is 25.5 Å². The molecule has 8 heteroatoms. The van der Waals surface area contributed by atoms with E-state index in [-0.39, 0.29) is 0 Å². The van der Waals surface area contributed by atoms with Crippen molar-refractivity contribution >= 4 is 27.6 Å². The molecule has 0 unspecified atom stereocenters. The van der Waals surface area contributed by atoms with E-state index in [0.29, 0.717) is 0 Å². The summed E-state index contributed by atoms with van der Waals surface area (Å²) in [6.45, 7) is 1.97. The molecule has 0 radical (unpaired) electrons. The zero-order valence-electron chi connectivity index (χ0n) is 9.86. The summed E-state index contributed by atoms with van der Waals surface area (Å²) < 4.78 is 1.77. The fraction of sp³-hybridized carbons (Fsp3) is 0.0909. The molecule has 0 amide bonds. The number of aromatic amines is 1. The van der Waals surface area contributed by atoms with Gasteiger partial charge in [0.05, 0.1) is 4.88 Å². The molecular formula is C11H8N6S2. The Kier molecular flexibility index (Phi) is 2.26. The van der Waals surface area contributed by atoms with Crippen molar-refractivity contribution < 1.29 is 0 Å². The molecule has 0 aromatic carbocycles. The highest BCUT2D eigenvalue weighted by Gasteiger charge is 2.16. The molecule has 6 nitrogen and oxygen atoms in total. The van der Waals surface area contributed by atoms with Crippen LogP contribution in [-0.4, -0.2) is 30.0 Å². The van der Waals surface area contributed by atoms with Crippen LogP contribution in [0.15, 0.2) is 23.6 Å². The summed E-state index contributed by atoms with van der Waals surface area (Å²) in [5.41, 5.74) is 1.85. The summed E-state index contributed by atoms with van der Waals surface area (Å²) in [5, 5.41) is 22.9. The van der Waals surface area contributed by atoms with Crippen LogP contribution >= 0.6 is 22.7 Å². The second-order valence-electron chi connectivity index (χ2n) is 4.04. The van der Waals surface area contributed by atoms with E-state index in [9.17, 15) is 0 Å². The topological polar surface area (TPSA) is 71.8 Å². The Morgan fingerprint density at radius 1 is 1.32 bits per heavy atom. The molecule has 4 heterocycles. The van der Waals surface area contributed by atoms with Gasteiger partial charge >= 0.3 is 0 Å². The predicted octanol–water partition coefficient (Wildman–Crippen LogP) is 2.61. The molecule has 0 aliphatic heterocycles. The SMILES string of the molecule is Cc1cc(-c2nn3c(-c4cccs4)nnc3s2)n[nH]1. The van der Waals surface area contributed by atoms with Crippen LogP contribution in [0.4, 0.5) is 0 Å². The van der Waals surface area contributed by atoms with Crippen LogP contribution in [0.25, 0.3) is 26.4 Å². The highest BCUT2D eigenvalue weighted by Crippen LogP contribution is 2.28. The fourth-order valence-corrected chi connectivity index (χ4v) is 3.30. The molecular weight excluding hydrogens is 280 g/mol. The first-order chi connectivity index (χ1) is 9.31. The maximum absolute atomic E-state index is 4.55. The Morgan fingerprint density at radius 3 is 3.00 bits per heavy atom. The van der Waals surface area contributed by atoms with Crippen molar-refractivity contribution in [2.75, 3.05) is 0 Å². The Hall–Kier alpha value is -2.06. The molecule has 0 saturated carbocycles. The van der Waals surface area contributed by atoms with E-state index < -0.39 is 0 Å². The van der Waals surface area contributed by atoms with Crippen molar-refractivity contribution in [3.8, 4) is 21.4 Å². The van der Waals surface area contributed by atoms with Crippen LogP contribution in [0.5, 0.6) is 0 Å². The first-order valence-corrected chi connectivity index (χ1v) is 7.29. The molecule has 0 saturated heterocycles. The van der Waals surface area contributed by atoms with Gasteiger partial charge in [0.15, 0.2) is 10.8 Å². The lowest BCUT2D eigenvalue weighted by molar-refractivity contribution is 0.965. The number of fused-ring (bicyclic) bond motifs is 1. The average molecular weight is 288 g/mol. The highest BCUT2D eigenvalue weighted by molar-refractivity contribution is 7.19. The Balaban J connectivity index is 1.89. The van der Waals surface area contributed by atoms with E-state index in [1.165, 1.54) is 11.3 Å². The minimum Gasteiger partial charge on any atom is -0.282 e. The lowest BCUT2D eigenvalue weighted by Crippen LogP contribution is -1.89. The zero-order chi connectivity index (χ0) is 12.8. The van der Waals surface area contributed by atoms with Gasteiger partial charge in [0, 0.05) is 5.69 Å². The van der Waals surface area contributed by atoms with Crippen LogP contribution in [0.2, 0.25) is 0 Å². The first-order valence-electron chi connectivity index (χ1n) is 5.60. The van der Waals surface area contributed by atoms with Crippen molar-refractivity contribution in [3.05, 3.63) is 29.3 Å². The van der Waals surface area contributed by atoms with Crippen molar-refractivity contribution in [2.45, 2.75) is 6.92 Å². The van der Waals surface area contributed by atoms with E-state index in [4.69, 9.17) is 0 Å². The molecule has 0 fully saturated rings. The van der Waals surface area contributed by atoms with Crippen LogP contribution in [0.3, 0.4) is 0 Å². The van der Waals surface area contributed by atoms with Gasteiger partial charge in [0.1, 0.15) is 5.69 Å². The van der Waals surface area contributed by atoms with Gasteiger partial charge < -0.3 is 0 Å². The van der Waals surface area contributed by atoms with Gasteiger partial charge in [0.25, 0.3) is 0 Å². The normalized spacial score (nSPS) is 11.4. The lowest BCUT2D eigenvalue weighted by atomic mass is 10.4. The Bertz CT molecular complexity index is 838. The molecule has 0 bridgehead atoms. The van der Waals surface area contributed by atoms with Crippen molar-refractivity contribution in [1.29, 1.82) is 0 Å². The third-order valence-corrected chi connectivity index (χ3v) is 4.44. The molecule has 0 aliphatic rings. The number of hydrogen-bond donors (Lipinski definition) is 1. The van der Waals surface area contributed by atoms with Gasteiger partial charge in [-0.2, -0.15) is 14.7 Å². The molecule has 0 aliphatic carbocycles. The molecule has 94 valence electrons. The highest BCUT2D eigenvalue weighted by atomic mass is 32.1. The lowest BCUT2D eigenvalue weighted by Gasteiger charge is -1.89. The molecule has 4 aromatic rings. The maximum Gasteiger partial charge on any atom is 0.235 e. The summed E-state index contributed by atoms with van der Waals surface area (Å²) in [5.74, 6) is 0.778. The van der Waals surface area contributed by atoms with Crippen molar-refractivity contribution in [1.82, 2.24) is 30.0 Å². The number of aromatic nitrogens is 6. The number of aryl methyl sites for hydroxylation is 1. The third kappa shape index (κ3) is 1.68. The number of thiophene rings is 1. The molecule has 4 rings (SSSR count). The summed E-state index contributed by atoms with van der Waals surface area (Å²) in [4.78, 5) is 1.83.